The number of hydrogen-bond donors (Lipinski definition) is 0. The summed E-state index contributed by atoms with van der Waals surface area (Å²) in [6.07, 6.45) is 5.81. The summed E-state index contributed by atoms with van der Waals surface area (Å²) in [6.45, 7) is 7.12. The van der Waals surface area contributed by atoms with Crippen LogP contribution in [0.1, 0.15) is 41.6 Å². The number of likely N-dealkylation sites (tertiary alicyclic amines) is 1. The third kappa shape index (κ3) is 3.77. The Balaban J connectivity index is 1.61. The molecule has 2 aliphatic rings. The molecule has 0 bridgehead atoms. The molecule has 0 aromatic heterocycles. The van der Waals surface area contributed by atoms with Crippen LogP contribution in [0.2, 0.25) is 5.02 Å². The number of nitrogens with zero attached hydrogens (tertiary/aromatic N) is 2. The fraction of sp³-hybridized carbons (Fsp3) is 0.375. The molecule has 0 atom stereocenters. The number of carbonyl (C=O) groups excluding carboxylic acids is 1. The number of unbranched alkanes of at least 4 members (excludes halogenated alkanes) is 1. The van der Waals surface area contributed by atoms with Crippen LogP contribution in [-0.4, -0.2) is 37.0 Å². The van der Waals surface area contributed by atoms with Crippen molar-refractivity contribution in [3.05, 3.63) is 76.8 Å². The van der Waals surface area contributed by atoms with E-state index in [0.29, 0.717) is 11.6 Å². The molecule has 1 spiro atoms. The fourth-order valence-electron chi connectivity index (χ4n) is 4.73. The van der Waals surface area contributed by atoms with Crippen LogP contribution in [0.15, 0.2) is 49.1 Å². The van der Waals surface area contributed by atoms with Crippen LogP contribution in [-0.2, 0) is 5.41 Å². The maximum absolute atomic E-state index is 14.3. The Bertz CT molecular complexity index is 970. The largest absolute Gasteiger partial charge is 0.307 e. The summed E-state index contributed by atoms with van der Waals surface area (Å²) >= 11 is 6.30. The molecule has 2 aromatic carbocycles. The highest BCUT2D eigenvalue weighted by Crippen LogP contribution is 2.48. The molecule has 30 heavy (non-hydrogen) atoms. The highest BCUT2D eigenvalue weighted by atomic mass is 35.5. The van der Waals surface area contributed by atoms with Crippen molar-refractivity contribution in [2.45, 2.75) is 31.1 Å². The Morgan fingerprint density at radius 2 is 1.97 bits per heavy atom. The Kier molecular flexibility index (Phi) is 5.94. The molecule has 158 valence electrons. The molecule has 6 heteroatoms. The van der Waals surface area contributed by atoms with Crippen molar-refractivity contribution in [3.63, 3.8) is 0 Å². The molecule has 1 saturated heterocycles. The second kappa shape index (κ2) is 8.48. The van der Waals surface area contributed by atoms with E-state index in [2.05, 4.69) is 11.5 Å². The van der Waals surface area contributed by atoms with Gasteiger partial charge in [0.25, 0.3) is 5.91 Å². The molecule has 4 rings (SSSR count). The quantitative estimate of drug-likeness (QED) is 0.456. The number of fused-ring (bicyclic) bond motifs is 2. The first-order valence-electron chi connectivity index (χ1n) is 10.3. The van der Waals surface area contributed by atoms with Crippen molar-refractivity contribution in [3.8, 4) is 0 Å². The Hall–Kier alpha value is -2.24. The number of anilines is 1. The van der Waals surface area contributed by atoms with Gasteiger partial charge in [0.1, 0.15) is 0 Å². The van der Waals surface area contributed by atoms with Gasteiger partial charge in [-0.15, -0.1) is 6.58 Å². The minimum atomic E-state index is -1.10. The summed E-state index contributed by atoms with van der Waals surface area (Å²) in [6, 6.07) is 9.21. The number of rotatable bonds is 5. The summed E-state index contributed by atoms with van der Waals surface area (Å²) in [5.74, 6) is -2.63. The van der Waals surface area contributed by atoms with Crippen LogP contribution >= 0.6 is 11.6 Å². The maximum atomic E-state index is 14.3. The number of hydrogen-bond acceptors (Lipinski definition) is 2. The predicted octanol–water partition coefficient (Wildman–Crippen LogP) is 5.58. The third-order valence-electron chi connectivity index (χ3n) is 6.40. The van der Waals surface area contributed by atoms with Crippen molar-refractivity contribution in [1.82, 2.24) is 4.90 Å². The molecular weight excluding hydrogens is 406 g/mol. The molecule has 2 heterocycles. The monoisotopic (exact) mass is 430 g/mol. The number of piperidine rings is 1. The highest BCUT2D eigenvalue weighted by molar-refractivity contribution is 6.30. The number of halogens is 3. The topological polar surface area (TPSA) is 23.6 Å². The van der Waals surface area contributed by atoms with E-state index in [1.165, 1.54) is 12.1 Å². The number of benzene rings is 2. The van der Waals surface area contributed by atoms with Crippen molar-refractivity contribution < 1.29 is 13.6 Å². The molecule has 0 aliphatic carbocycles. The zero-order chi connectivity index (χ0) is 21.3. The van der Waals surface area contributed by atoms with Gasteiger partial charge in [0.2, 0.25) is 0 Å². The normalized spacial score (nSPS) is 17.9. The lowest BCUT2D eigenvalue weighted by Crippen LogP contribution is -2.46. The van der Waals surface area contributed by atoms with E-state index in [4.69, 9.17) is 11.6 Å². The Morgan fingerprint density at radius 1 is 1.20 bits per heavy atom. The zero-order valence-electron chi connectivity index (χ0n) is 16.8. The maximum Gasteiger partial charge on any atom is 0.261 e. The minimum Gasteiger partial charge on any atom is -0.307 e. The lowest BCUT2D eigenvalue weighted by Gasteiger charge is -2.40. The Morgan fingerprint density at radius 3 is 2.70 bits per heavy atom. The SMILES string of the molecule is C=CCCCN1CCC2(CC1)CN(C(=O)c1cccc(F)c1F)c1ccc(Cl)cc12. The van der Waals surface area contributed by atoms with E-state index in [1.54, 1.807) is 11.0 Å². The van der Waals surface area contributed by atoms with E-state index in [-0.39, 0.29) is 11.0 Å². The minimum absolute atomic E-state index is 0.214. The summed E-state index contributed by atoms with van der Waals surface area (Å²) in [7, 11) is 0. The second-order valence-corrected chi connectivity index (χ2v) is 8.64. The smallest absolute Gasteiger partial charge is 0.261 e. The van der Waals surface area contributed by atoms with Gasteiger partial charge in [-0.05, 0) is 81.2 Å². The van der Waals surface area contributed by atoms with Gasteiger partial charge in [0.15, 0.2) is 11.6 Å². The van der Waals surface area contributed by atoms with Gasteiger partial charge in [0, 0.05) is 22.7 Å². The standard InChI is InChI=1S/C24H25ClF2N2O/c1-2-3-4-12-28-13-10-24(11-14-28)16-29(21-9-8-17(25)15-19(21)24)23(30)18-6-5-7-20(26)22(18)27/h2,5-9,15H,1,3-4,10-14,16H2. The lowest BCUT2D eigenvalue weighted by atomic mass is 9.74. The van der Waals surface area contributed by atoms with Crippen molar-refractivity contribution in [2.75, 3.05) is 31.1 Å². The van der Waals surface area contributed by atoms with Gasteiger partial charge in [0.05, 0.1) is 5.56 Å². The third-order valence-corrected chi connectivity index (χ3v) is 6.64. The lowest BCUT2D eigenvalue weighted by molar-refractivity contribution is 0.0971. The first kappa shape index (κ1) is 21.0. The van der Waals surface area contributed by atoms with Crippen LogP contribution in [0, 0.1) is 11.6 Å². The zero-order valence-corrected chi connectivity index (χ0v) is 17.6. The molecule has 0 N–H and O–H groups in total. The van der Waals surface area contributed by atoms with Crippen LogP contribution in [0.3, 0.4) is 0 Å². The van der Waals surface area contributed by atoms with E-state index in [0.717, 1.165) is 62.6 Å². The summed E-state index contributed by atoms with van der Waals surface area (Å²) in [5, 5.41) is 0.618. The van der Waals surface area contributed by atoms with Crippen LogP contribution in [0.4, 0.5) is 14.5 Å². The second-order valence-electron chi connectivity index (χ2n) is 8.21. The van der Waals surface area contributed by atoms with Crippen molar-refractivity contribution in [2.24, 2.45) is 0 Å². The van der Waals surface area contributed by atoms with Gasteiger partial charge >= 0.3 is 0 Å². The first-order valence-corrected chi connectivity index (χ1v) is 10.7. The molecule has 0 unspecified atom stereocenters. The molecule has 0 radical (unpaired) electrons. The summed E-state index contributed by atoms with van der Waals surface area (Å²) < 4.78 is 28.0. The number of amides is 1. The molecule has 1 amide bonds. The van der Waals surface area contributed by atoms with Crippen LogP contribution in [0.25, 0.3) is 0 Å². The average Bonchev–Trinajstić information content (AvgIpc) is 3.05. The van der Waals surface area contributed by atoms with Gasteiger partial charge in [-0.2, -0.15) is 0 Å². The van der Waals surface area contributed by atoms with Gasteiger partial charge < -0.3 is 9.80 Å². The molecular formula is C24H25ClF2N2O. The van der Waals surface area contributed by atoms with E-state index in [1.807, 2.05) is 18.2 Å². The fourth-order valence-corrected chi connectivity index (χ4v) is 4.90. The average molecular weight is 431 g/mol. The van der Waals surface area contributed by atoms with Crippen LogP contribution < -0.4 is 4.90 Å². The summed E-state index contributed by atoms with van der Waals surface area (Å²) in [5.41, 5.74) is 1.32. The summed E-state index contributed by atoms with van der Waals surface area (Å²) in [4.78, 5) is 17.2. The van der Waals surface area contributed by atoms with E-state index >= 15 is 0 Å². The molecule has 2 aromatic rings. The molecule has 2 aliphatic heterocycles. The Labute approximate surface area is 180 Å². The predicted molar refractivity (Wildman–Crippen MR) is 116 cm³/mol. The van der Waals surface area contributed by atoms with Crippen LogP contribution in [0.5, 0.6) is 0 Å². The molecule has 0 saturated carbocycles. The number of allylic oxidation sites excluding steroid dienone is 1. The highest BCUT2D eigenvalue weighted by Gasteiger charge is 2.46. The molecule has 1 fully saturated rings. The van der Waals surface area contributed by atoms with Crippen molar-refractivity contribution >= 4 is 23.2 Å². The van der Waals surface area contributed by atoms with Gasteiger partial charge in [-0.25, -0.2) is 8.78 Å². The first-order chi connectivity index (χ1) is 14.4. The van der Waals surface area contributed by atoms with E-state index in [9.17, 15) is 13.6 Å². The van der Waals surface area contributed by atoms with Gasteiger partial charge in [-0.1, -0.05) is 23.7 Å². The van der Waals surface area contributed by atoms with E-state index < -0.39 is 17.5 Å². The van der Waals surface area contributed by atoms with Crippen molar-refractivity contribution in [1.29, 1.82) is 0 Å². The number of carbonyl (C=O) groups is 1. The van der Waals surface area contributed by atoms with Gasteiger partial charge in [-0.3, -0.25) is 4.79 Å². The molecule has 3 nitrogen and oxygen atoms in total.